The molecule has 24 heavy (non-hydrogen) atoms. The normalized spacial score (nSPS) is 22.2. The highest BCUT2D eigenvalue weighted by molar-refractivity contribution is 8.79. The van der Waals surface area contributed by atoms with Crippen molar-refractivity contribution in [1.82, 2.24) is 0 Å². The molecule has 0 aliphatic carbocycles. The van der Waals surface area contributed by atoms with Crippen molar-refractivity contribution in [2.24, 2.45) is 0 Å². The van der Waals surface area contributed by atoms with Crippen molar-refractivity contribution in [3.05, 3.63) is 48.0 Å². The Labute approximate surface area is 165 Å². The van der Waals surface area contributed by atoms with E-state index in [1.807, 2.05) is 45.1 Å². The molecule has 2 aliphatic heterocycles. The molecule has 2 fully saturated rings. The summed E-state index contributed by atoms with van der Waals surface area (Å²) in [6.45, 7) is 2.22. The van der Waals surface area contributed by atoms with Crippen LogP contribution in [0.5, 0.6) is 0 Å². The average Bonchev–Trinajstić information content (AvgIpc) is 3.38. The second-order valence-electron chi connectivity index (χ2n) is 6.08. The summed E-state index contributed by atoms with van der Waals surface area (Å²) in [5, 5.41) is 1.74. The van der Waals surface area contributed by atoms with E-state index < -0.39 is 0 Å². The molecule has 0 nitrogen and oxygen atoms in total. The van der Waals surface area contributed by atoms with Crippen molar-refractivity contribution in [3.63, 3.8) is 0 Å². The van der Waals surface area contributed by atoms with E-state index in [1.165, 1.54) is 49.5 Å². The van der Waals surface area contributed by atoms with Crippen molar-refractivity contribution in [2.45, 2.75) is 27.2 Å². The minimum absolute atomic E-state index is 0.839. The first-order valence-electron chi connectivity index (χ1n) is 8.14. The first kappa shape index (κ1) is 17.6. The summed E-state index contributed by atoms with van der Waals surface area (Å²) in [7, 11) is 4.03. The third kappa shape index (κ3) is 4.67. The molecule has 0 amide bonds. The Kier molecular flexibility index (Phi) is 6.05. The van der Waals surface area contributed by atoms with Crippen LogP contribution in [-0.4, -0.2) is 33.5 Å². The van der Waals surface area contributed by atoms with Crippen molar-refractivity contribution in [1.29, 1.82) is 0 Å². The van der Waals surface area contributed by atoms with E-state index in [0.717, 1.165) is 10.5 Å². The number of aryl methyl sites for hydroxylation is 1. The van der Waals surface area contributed by atoms with Gasteiger partial charge in [0.1, 0.15) is 0 Å². The molecule has 2 heterocycles. The maximum absolute atomic E-state index is 2.37. The van der Waals surface area contributed by atoms with E-state index in [4.69, 9.17) is 0 Å². The van der Waals surface area contributed by atoms with E-state index in [2.05, 4.69) is 61.2 Å². The molecule has 2 atom stereocenters. The van der Waals surface area contributed by atoms with Gasteiger partial charge in [0.2, 0.25) is 0 Å². The molecule has 0 saturated carbocycles. The van der Waals surface area contributed by atoms with Crippen LogP contribution in [0.3, 0.4) is 0 Å². The number of benzene rings is 2. The number of thioether (sulfide) groups is 3. The first-order chi connectivity index (χ1) is 11.8. The highest BCUT2D eigenvalue weighted by atomic mass is 33.1. The number of hydrogen-bond acceptors (Lipinski definition) is 5. The predicted octanol–water partition coefficient (Wildman–Crippen LogP) is 6.73. The highest BCUT2D eigenvalue weighted by Gasteiger charge is 2.22. The van der Waals surface area contributed by atoms with Gasteiger partial charge < -0.3 is 0 Å². The van der Waals surface area contributed by atoms with Gasteiger partial charge in [0.05, 0.1) is 0 Å². The second-order valence-corrected chi connectivity index (χ2v) is 12.3. The third-order valence-corrected chi connectivity index (χ3v) is 11.0. The van der Waals surface area contributed by atoms with Gasteiger partial charge in [0, 0.05) is 43.3 Å². The molecule has 0 N–H and O–H groups in total. The van der Waals surface area contributed by atoms with Gasteiger partial charge in [-0.25, -0.2) is 0 Å². The Balaban J connectivity index is 1.44. The minimum atomic E-state index is 0.839. The average molecular weight is 409 g/mol. The molecule has 126 valence electrons. The van der Waals surface area contributed by atoms with Gasteiger partial charge >= 0.3 is 0 Å². The molecule has 2 aliphatic rings. The van der Waals surface area contributed by atoms with E-state index in [9.17, 15) is 0 Å². The fraction of sp³-hybridized carbons (Fsp3) is 0.368. The van der Waals surface area contributed by atoms with Crippen molar-refractivity contribution >= 4 is 56.9 Å². The molecule has 5 heteroatoms. The van der Waals surface area contributed by atoms with Crippen LogP contribution < -0.4 is 0 Å². The zero-order valence-electron chi connectivity index (χ0n) is 13.6. The molecule has 4 rings (SSSR count). The number of rotatable bonds is 7. The molecule has 0 spiro atoms. The Morgan fingerprint density at radius 1 is 0.917 bits per heavy atom. The lowest BCUT2D eigenvalue weighted by Gasteiger charge is -2.23. The Morgan fingerprint density at radius 2 is 1.58 bits per heavy atom. The summed E-state index contributed by atoms with van der Waals surface area (Å²) in [4.78, 5) is 2.80. The summed E-state index contributed by atoms with van der Waals surface area (Å²) in [5.41, 5.74) is 4.08. The molecule has 0 radical (unpaired) electrons. The monoisotopic (exact) mass is 408 g/mol. The topological polar surface area (TPSA) is 0 Å². The van der Waals surface area contributed by atoms with Gasteiger partial charge in [0.25, 0.3) is 0 Å². The van der Waals surface area contributed by atoms with Crippen LogP contribution in [0.15, 0.2) is 52.3 Å². The quantitative estimate of drug-likeness (QED) is 0.282. The molecular weight excluding hydrogens is 389 g/mol. The maximum Gasteiger partial charge on any atom is 0.0344 e. The summed E-state index contributed by atoms with van der Waals surface area (Å²) in [6, 6.07) is 16.1. The summed E-state index contributed by atoms with van der Waals surface area (Å²) >= 11 is 6.07. The SMILES string of the molecule is Cc1ccc(SCC2CSS2)cc1-c1ccc(SCC2CS2)cc1. The molecular formula is C19H20S5. The lowest BCUT2D eigenvalue weighted by atomic mass is 10.0. The smallest absolute Gasteiger partial charge is 0.0344 e. The Hall–Kier alpha value is 0.190. The van der Waals surface area contributed by atoms with E-state index in [-0.39, 0.29) is 0 Å². The lowest BCUT2D eigenvalue weighted by molar-refractivity contribution is 1.14. The van der Waals surface area contributed by atoms with Crippen LogP contribution in [0.2, 0.25) is 0 Å². The summed E-state index contributed by atoms with van der Waals surface area (Å²) in [6.07, 6.45) is 0. The Morgan fingerprint density at radius 3 is 2.25 bits per heavy atom. The highest BCUT2D eigenvalue weighted by Crippen LogP contribution is 2.43. The van der Waals surface area contributed by atoms with Crippen LogP contribution >= 0.6 is 56.9 Å². The van der Waals surface area contributed by atoms with E-state index in [1.54, 1.807) is 0 Å². The van der Waals surface area contributed by atoms with Crippen LogP contribution in [0.1, 0.15) is 5.56 Å². The second kappa shape index (κ2) is 8.26. The van der Waals surface area contributed by atoms with Gasteiger partial charge in [-0.1, -0.05) is 39.8 Å². The summed E-state index contributed by atoms with van der Waals surface area (Å²) < 4.78 is 0. The van der Waals surface area contributed by atoms with Crippen LogP contribution in [-0.2, 0) is 0 Å². The van der Waals surface area contributed by atoms with E-state index in [0.29, 0.717) is 0 Å². The molecule has 2 aromatic carbocycles. The van der Waals surface area contributed by atoms with Crippen LogP contribution in [0.4, 0.5) is 0 Å². The largest absolute Gasteiger partial charge is 0.156 e. The van der Waals surface area contributed by atoms with Gasteiger partial charge in [-0.3, -0.25) is 0 Å². The molecule has 0 aromatic heterocycles. The van der Waals surface area contributed by atoms with Crippen LogP contribution in [0.25, 0.3) is 11.1 Å². The molecule has 0 bridgehead atoms. The summed E-state index contributed by atoms with van der Waals surface area (Å²) in [5.74, 6) is 5.16. The van der Waals surface area contributed by atoms with Gasteiger partial charge in [-0.15, -0.1) is 23.5 Å². The lowest BCUT2D eigenvalue weighted by Crippen LogP contribution is -2.15. The molecule has 2 aromatic rings. The maximum atomic E-state index is 2.37. The first-order valence-corrected chi connectivity index (χ1v) is 13.5. The van der Waals surface area contributed by atoms with E-state index >= 15 is 0 Å². The molecule has 2 unspecified atom stereocenters. The zero-order valence-corrected chi connectivity index (χ0v) is 17.6. The van der Waals surface area contributed by atoms with Gasteiger partial charge in [-0.05, 0) is 47.9 Å². The Bertz CT molecular complexity index is 689. The predicted molar refractivity (Wildman–Crippen MR) is 118 cm³/mol. The van der Waals surface area contributed by atoms with Crippen LogP contribution in [0, 0.1) is 6.92 Å². The minimum Gasteiger partial charge on any atom is -0.156 e. The fourth-order valence-corrected chi connectivity index (χ4v) is 7.70. The number of hydrogen-bond donors (Lipinski definition) is 0. The van der Waals surface area contributed by atoms with Crippen molar-refractivity contribution in [2.75, 3.05) is 23.0 Å². The fourth-order valence-electron chi connectivity index (χ4n) is 2.52. The van der Waals surface area contributed by atoms with Crippen molar-refractivity contribution < 1.29 is 0 Å². The standard InChI is InChI=1S/C19H20S5/c1-13-2-5-16(21-11-18-12-23-24-18)8-19(13)14-3-6-15(7-4-14)20-9-17-10-22-17/h2-8,17-18H,9-12H2,1H3. The third-order valence-electron chi connectivity index (χ3n) is 4.11. The molecule has 2 saturated heterocycles. The van der Waals surface area contributed by atoms with Gasteiger partial charge in [0.15, 0.2) is 0 Å². The zero-order chi connectivity index (χ0) is 16.4. The van der Waals surface area contributed by atoms with Crippen molar-refractivity contribution in [3.8, 4) is 11.1 Å². The van der Waals surface area contributed by atoms with Gasteiger partial charge in [-0.2, -0.15) is 11.8 Å².